The molecule has 0 aromatic carbocycles. The molecule has 1 atom stereocenters. The van der Waals surface area contributed by atoms with Crippen molar-refractivity contribution in [3.8, 4) is 0 Å². The lowest BCUT2D eigenvalue weighted by Gasteiger charge is -2.34. The van der Waals surface area contributed by atoms with Crippen molar-refractivity contribution in [3.63, 3.8) is 0 Å². The van der Waals surface area contributed by atoms with Crippen molar-refractivity contribution >= 4 is 0 Å². The van der Waals surface area contributed by atoms with Crippen LogP contribution in [0.25, 0.3) is 0 Å². The topological polar surface area (TPSA) is 26.0 Å². The Bertz CT molecular complexity index is 390. The first-order valence-corrected chi connectivity index (χ1v) is 7.09. The summed E-state index contributed by atoms with van der Waals surface area (Å²) in [4.78, 5) is 0. The number of hydrogen-bond donors (Lipinski definition) is 1. The molecule has 0 fully saturated rings. The maximum atomic E-state index is 6.17. The molecule has 1 aliphatic carbocycles. The number of allylic oxidation sites excluding steroid dienone is 5. The molecule has 0 aromatic rings. The van der Waals surface area contributed by atoms with Gasteiger partial charge in [0.2, 0.25) is 0 Å². The Kier molecular flexibility index (Phi) is 4.98. The summed E-state index contributed by atoms with van der Waals surface area (Å²) < 4.78 is 0. The van der Waals surface area contributed by atoms with Crippen LogP contribution >= 0.6 is 0 Å². The van der Waals surface area contributed by atoms with Gasteiger partial charge >= 0.3 is 0 Å². The van der Waals surface area contributed by atoms with Crippen molar-refractivity contribution in [2.45, 2.75) is 66.8 Å². The van der Waals surface area contributed by atoms with E-state index in [2.05, 4.69) is 53.7 Å². The molecule has 18 heavy (non-hydrogen) atoms. The van der Waals surface area contributed by atoms with Crippen LogP contribution in [0.3, 0.4) is 0 Å². The first-order chi connectivity index (χ1) is 8.27. The van der Waals surface area contributed by atoms with Gasteiger partial charge in [0, 0.05) is 6.04 Å². The molecule has 1 aliphatic rings. The predicted molar refractivity (Wildman–Crippen MR) is 81.5 cm³/mol. The minimum atomic E-state index is 0.236. The normalized spacial score (nSPS) is 19.9. The Hall–Kier alpha value is -0.820. The summed E-state index contributed by atoms with van der Waals surface area (Å²) in [6.45, 7) is 13.4. The maximum absolute atomic E-state index is 6.17. The fraction of sp³-hybridized carbons (Fsp3) is 0.647. The standard InChI is InChI=1S/C17H29N/c1-7-14(18)11-15(12(2)3)16-10-13(4)8-9-17(16,5)6/h8,10,14H,7,9,11,18H2,1-6H3. The Labute approximate surface area is 113 Å². The average Bonchev–Trinajstić information content (AvgIpc) is 2.29. The van der Waals surface area contributed by atoms with E-state index >= 15 is 0 Å². The second-order valence-electron chi connectivity index (χ2n) is 6.45. The third-order valence-corrected chi connectivity index (χ3v) is 3.95. The molecule has 0 amide bonds. The maximum Gasteiger partial charge on any atom is 0.00767 e. The van der Waals surface area contributed by atoms with E-state index in [-0.39, 0.29) is 11.5 Å². The predicted octanol–water partition coefficient (Wildman–Crippen LogP) is 4.75. The molecular weight excluding hydrogens is 218 g/mol. The van der Waals surface area contributed by atoms with Crippen LogP contribution < -0.4 is 5.73 Å². The van der Waals surface area contributed by atoms with Crippen LogP contribution in [-0.4, -0.2) is 6.04 Å². The van der Waals surface area contributed by atoms with Crippen LogP contribution in [-0.2, 0) is 0 Å². The van der Waals surface area contributed by atoms with Gasteiger partial charge in [0.1, 0.15) is 0 Å². The molecule has 1 rings (SSSR count). The van der Waals surface area contributed by atoms with Gasteiger partial charge in [-0.2, -0.15) is 0 Å². The molecule has 0 heterocycles. The third-order valence-electron chi connectivity index (χ3n) is 3.95. The zero-order valence-electron chi connectivity index (χ0n) is 12.9. The summed E-state index contributed by atoms with van der Waals surface area (Å²) in [6, 6.07) is 0.276. The fourth-order valence-corrected chi connectivity index (χ4v) is 2.49. The van der Waals surface area contributed by atoms with Gasteiger partial charge < -0.3 is 5.73 Å². The molecule has 0 saturated heterocycles. The molecule has 0 aromatic heterocycles. The second-order valence-corrected chi connectivity index (χ2v) is 6.45. The Morgan fingerprint density at radius 3 is 2.50 bits per heavy atom. The number of hydrogen-bond acceptors (Lipinski definition) is 1. The van der Waals surface area contributed by atoms with Crippen LogP contribution in [0.4, 0.5) is 0 Å². The highest BCUT2D eigenvalue weighted by Gasteiger charge is 2.28. The van der Waals surface area contributed by atoms with Gasteiger partial charge in [-0.15, -0.1) is 0 Å². The van der Waals surface area contributed by atoms with Crippen molar-refractivity contribution in [1.82, 2.24) is 0 Å². The quantitative estimate of drug-likeness (QED) is 0.762. The van der Waals surface area contributed by atoms with Crippen molar-refractivity contribution in [3.05, 3.63) is 34.4 Å². The van der Waals surface area contributed by atoms with Crippen LogP contribution in [0, 0.1) is 5.41 Å². The van der Waals surface area contributed by atoms with Gasteiger partial charge in [0.25, 0.3) is 0 Å². The smallest absolute Gasteiger partial charge is 0.00767 e. The lowest BCUT2D eigenvalue weighted by atomic mass is 9.71. The summed E-state index contributed by atoms with van der Waals surface area (Å²) >= 11 is 0. The zero-order valence-corrected chi connectivity index (χ0v) is 12.9. The van der Waals surface area contributed by atoms with E-state index in [9.17, 15) is 0 Å². The van der Waals surface area contributed by atoms with Gasteiger partial charge in [0.15, 0.2) is 0 Å². The Balaban J connectivity index is 3.14. The second kappa shape index (κ2) is 5.88. The molecule has 0 saturated carbocycles. The first-order valence-electron chi connectivity index (χ1n) is 7.09. The van der Waals surface area contributed by atoms with E-state index in [1.165, 1.54) is 22.3 Å². The highest BCUT2D eigenvalue weighted by molar-refractivity contribution is 5.45. The largest absolute Gasteiger partial charge is 0.327 e. The van der Waals surface area contributed by atoms with Crippen molar-refractivity contribution in [1.29, 1.82) is 0 Å². The van der Waals surface area contributed by atoms with E-state index in [0.717, 1.165) is 19.3 Å². The van der Waals surface area contributed by atoms with E-state index in [4.69, 9.17) is 5.73 Å². The molecule has 0 aliphatic heterocycles. The molecular formula is C17H29N. The SMILES string of the molecule is CCC(N)CC(C1=CC(C)=CCC1(C)C)=C(C)C. The Morgan fingerprint density at radius 2 is 2.00 bits per heavy atom. The molecule has 1 unspecified atom stereocenters. The summed E-state index contributed by atoms with van der Waals surface area (Å²) in [5.41, 5.74) is 12.2. The van der Waals surface area contributed by atoms with Gasteiger partial charge in [-0.25, -0.2) is 0 Å². The molecule has 0 bridgehead atoms. The number of rotatable bonds is 4. The molecule has 2 N–H and O–H groups in total. The van der Waals surface area contributed by atoms with E-state index in [1.807, 2.05) is 0 Å². The zero-order chi connectivity index (χ0) is 13.9. The molecule has 102 valence electrons. The van der Waals surface area contributed by atoms with E-state index in [0.29, 0.717) is 0 Å². The molecule has 0 spiro atoms. The lowest BCUT2D eigenvalue weighted by Crippen LogP contribution is -2.25. The van der Waals surface area contributed by atoms with Gasteiger partial charge in [0.05, 0.1) is 0 Å². The van der Waals surface area contributed by atoms with Crippen LogP contribution in [0.1, 0.15) is 60.8 Å². The Morgan fingerprint density at radius 1 is 1.39 bits per heavy atom. The lowest BCUT2D eigenvalue weighted by molar-refractivity contribution is 0.444. The third kappa shape index (κ3) is 3.58. The fourth-order valence-electron chi connectivity index (χ4n) is 2.49. The highest BCUT2D eigenvalue weighted by Crippen LogP contribution is 2.42. The van der Waals surface area contributed by atoms with Crippen molar-refractivity contribution < 1.29 is 0 Å². The van der Waals surface area contributed by atoms with Crippen molar-refractivity contribution in [2.75, 3.05) is 0 Å². The monoisotopic (exact) mass is 247 g/mol. The number of nitrogens with two attached hydrogens (primary N) is 1. The van der Waals surface area contributed by atoms with Gasteiger partial charge in [-0.05, 0) is 56.6 Å². The minimum Gasteiger partial charge on any atom is -0.327 e. The summed E-state index contributed by atoms with van der Waals surface area (Å²) in [5.74, 6) is 0. The highest BCUT2D eigenvalue weighted by atomic mass is 14.6. The van der Waals surface area contributed by atoms with Crippen LogP contribution in [0.15, 0.2) is 34.4 Å². The van der Waals surface area contributed by atoms with Gasteiger partial charge in [-0.1, -0.05) is 44.1 Å². The average molecular weight is 247 g/mol. The van der Waals surface area contributed by atoms with E-state index < -0.39 is 0 Å². The van der Waals surface area contributed by atoms with Gasteiger partial charge in [-0.3, -0.25) is 0 Å². The van der Waals surface area contributed by atoms with Crippen LogP contribution in [0.2, 0.25) is 0 Å². The summed E-state index contributed by atoms with van der Waals surface area (Å²) in [5, 5.41) is 0. The van der Waals surface area contributed by atoms with Crippen LogP contribution in [0.5, 0.6) is 0 Å². The van der Waals surface area contributed by atoms with Crippen molar-refractivity contribution in [2.24, 2.45) is 11.1 Å². The molecule has 1 nitrogen and oxygen atoms in total. The molecule has 1 heteroatoms. The van der Waals surface area contributed by atoms with E-state index in [1.54, 1.807) is 0 Å². The molecule has 0 radical (unpaired) electrons. The summed E-state index contributed by atoms with van der Waals surface area (Å²) in [6.07, 6.45) is 7.86. The summed E-state index contributed by atoms with van der Waals surface area (Å²) in [7, 11) is 0. The minimum absolute atomic E-state index is 0.236. The first kappa shape index (κ1) is 15.2.